The van der Waals surface area contributed by atoms with Crippen LogP contribution in [0.1, 0.15) is 11.4 Å². The van der Waals surface area contributed by atoms with Crippen LogP contribution in [0.25, 0.3) is 5.65 Å². The minimum Gasteiger partial charge on any atom is -0.396 e. The molecule has 1 aliphatic rings. The highest BCUT2D eigenvalue weighted by Gasteiger charge is 2.33. The summed E-state index contributed by atoms with van der Waals surface area (Å²) in [6.07, 6.45) is 2.08. The molecule has 2 atom stereocenters. The average molecular weight is 302 g/mol. The molecule has 1 N–H and O–H groups in total. The van der Waals surface area contributed by atoms with Crippen LogP contribution < -0.4 is 0 Å². The van der Waals surface area contributed by atoms with Gasteiger partial charge in [0.1, 0.15) is 5.65 Å². The zero-order chi connectivity index (χ0) is 15.7. The SMILES string of the molecule is Cc1nc2ccccn2c1CN1C[C@@H](CN(C)C)[C@@H](CO)C1. The Morgan fingerprint density at radius 2 is 2.05 bits per heavy atom. The van der Waals surface area contributed by atoms with E-state index in [1.54, 1.807) is 0 Å². The van der Waals surface area contributed by atoms with E-state index in [9.17, 15) is 5.11 Å². The Morgan fingerprint density at radius 3 is 2.77 bits per heavy atom. The molecular formula is C17H26N4O. The number of imidazole rings is 1. The molecule has 2 aromatic rings. The van der Waals surface area contributed by atoms with E-state index >= 15 is 0 Å². The summed E-state index contributed by atoms with van der Waals surface area (Å²) in [5, 5.41) is 9.66. The van der Waals surface area contributed by atoms with E-state index in [1.807, 2.05) is 18.2 Å². The third-order valence-corrected chi connectivity index (χ3v) is 4.69. The Balaban J connectivity index is 1.77. The van der Waals surface area contributed by atoms with Crippen molar-refractivity contribution < 1.29 is 5.11 Å². The molecule has 1 aliphatic heterocycles. The van der Waals surface area contributed by atoms with Crippen LogP contribution >= 0.6 is 0 Å². The number of aliphatic hydroxyl groups excluding tert-OH is 1. The van der Waals surface area contributed by atoms with Crippen molar-refractivity contribution in [3.05, 3.63) is 35.8 Å². The van der Waals surface area contributed by atoms with Gasteiger partial charge in [0, 0.05) is 39.0 Å². The van der Waals surface area contributed by atoms with Crippen molar-refractivity contribution in [1.82, 2.24) is 19.2 Å². The lowest BCUT2D eigenvalue weighted by Gasteiger charge is -2.20. The van der Waals surface area contributed by atoms with Gasteiger partial charge in [0.05, 0.1) is 11.4 Å². The number of aliphatic hydroxyl groups is 1. The zero-order valence-electron chi connectivity index (χ0n) is 13.7. The fraction of sp³-hybridized carbons (Fsp3) is 0.588. The summed E-state index contributed by atoms with van der Waals surface area (Å²) in [5.41, 5.74) is 3.37. The molecule has 3 rings (SSSR count). The van der Waals surface area contributed by atoms with E-state index in [0.29, 0.717) is 11.8 Å². The van der Waals surface area contributed by atoms with Crippen LogP contribution in [0.4, 0.5) is 0 Å². The second-order valence-electron chi connectivity index (χ2n) is 6.73. The van der Waals surface area contributed by atoms with Gasteiger partial charge in [-0.1, -0.05) is 6.07 Å². The van der Waals surface area contributed by atoms with Crippen molar-refractivity contribution in [2.75, 3.05) is 40.3 Å². The number of hydrogen-bond donors (Lipinski definition) is 1. The second kappa shape index (κ2) is 6.36. The quantitative estimate of drug-likeness (QED) is 0.903. The van der Waals surface area contributed by atoms with Crippen molar-refractivity contribution >= 4 is 5.65 Å². The summed E-state index contributed by atoms with van der Waals surface area (Å²) >= 11 is 0. The van der Waals surface area contributed by atoms with E-state index in [0.717, 1.165) is 37.5 Å². The largest absolute Gasteiger partial charge is 0.396 e. The van der Waals surface area contributed by atoms with Crippen LogP contribution in [-0.2, 0) is 6.54 Å². The molecule has 0 radical (unpaired) electrons. The summed E-state index contributed by atoms with van der Waals surface area (Å²) in [5.74, 6) is 0.918. The molecule has 1 fully saturated rings. The van der Waals surface area contributed by atoms with Crippen molar-refractivity contribution in [3.8, 4) is 0 Å². The molecule has 5 nitrogen and oxygen atoms in total. The lowest BCUT2D eigenvalue weighted by molar-refractivity contribution is 0.183. The molecule has 0 aromatic carbocycles. The second-order valence-corrected chi connectivity index (χ2v) is 6.73. The van der Waals surface area contributed by atoms with E-state index in [1.165, 1.54) is 5.69 Å². The van der Waals surface area contributed by atoms with E-state index in [-0.39, 0.29) is 6.61 Å². The van der Waals surface area contributed by atoms with Gasteiger partial charge in [-0.15, -0.1) is 0 Å². The van der Waals surface area contributed by atoms with Gasteiger partial charge in [0.25, 0.3) is 0 Å². The molecule has 2 aromatic heterocycles. The number of aryl methyl sites for hydroxylation is 1. The van der Waals surface area contributed by atoms with Gasteiger partial charge in [0.15, 0.2) is 0 Å². The topological polar surface area (TPSA) is 44.0 Å². The Labute approximate surface area is 132 Å². The molecule has 120 valence electrons. The molecule has 22 heavy (non-hydrogen) atoms. The minimum absolute atomic E-state index is 0.279. The van der Waals surface area contributed by atoms with Crippen molar-refractivity contribution in [2.24, 2.45) is 11.8 Å². The van der Waals surface area contributed by atoms with Crippen molar-refractivity contribution in [3.63, 3.8) is 0 Å². The Kier molecular flexibility index (Phi) is 4.47. The summed E-state index contributed by atoms with van der Waals surface area (Å²) in [4.78, 5) is 9.32. The van der Waals surface area contributed by atoms with Crippen LogP contribution in [0, 0.1) is 18.8 Å². The van der Waals surface area contributed by atoms with Gasteiger partial charge in [-0.3, -0.25) is 4.90 Å². The zero-order valence-corrected chi connectivity index (χ0v) is 13.7. The molecule has 0 saturated carbocycles. The highest BCUT2D eigenvalue weighted by Crippen LogP contribution is 2.26. The number of aromatic nitrogens is 2. The fourth-order valence-electron chi connectivity index (χ4n) is 3.61. The first-order valence-electron chi connectivity index (χ1n) is 7.99. The molecule has 0 unspecified atom stereocenters. The van der Waals surface area contributed by atoms with E-state index in [4.69, 9.17) is 0 Å². The predicted molar refractivity (Wildman–Crippen MR) is 87.8 cm³/mol. The maximum Gasteiger partial charge on any atom is 0.137 e. The summed E-state index contributed by atoms with van der Waals surface area (Å²) in [6.45, 7) is 6.31. The standard InChI is InChI=1S/C17H26N4O/c1-13-16(21-7-5-4-6-17(21)18-13)11-20-9-14(8-19(2)3)15(10-20)12-22/h4-7,14-15,22H,8-12H2,1-3H3/t14-,15-/m1/s1. The molecule has 0 amide bonds. The molecule has 1 saturated heterocycles. The predicted octanol–water partition coefficient (Wildman–Crippen LogP) is 1.24. The van der Waals surface area contributed by atoms with Crippen LogP contribution in [0.2, 0.25) is 0 Å². The van der Waals surface area contributed by atoms with Gasteiger partial charge < -0.3 is 14.4 Å². The van der Waals surface area contributed by atoms with Gasteiger partial charge in [-0.25, -0.2) is 4.98 Å². The number of nitrogens with zero attached hydrogens (tertiary/aromatic N) is 4. The van der Waals surface area contributed by atoms with Crippen molar-refractivity contribution in [2.45, 2.75) is 13.5 Å². The Morgan fingerprint density at radius 1 is 1.27 bits per heavy atom. The fourth-order valence-corrected chi connectivity index (χ4v) is 3.61. The normalized spacial score (nSPS) is 23.0. The highest BCUT2D eigenvalue weighted by molar-refractivity contribution is 5.42. The van der Waals surface area contributed by atoms with Crippen LogP contribution in [0.3, 0.4) is 0 Å². The van der Waals surface area contributed by atoms with Crippen molar-refractivity contribution in [1.29, 1.82) is 0 Å². The van der Waals surface area contributed by atoms with Crippen LogP contribution in [0.15, 0.2) is 24.4 Å². The minimum atomic E-state index is 0.279. The number of hydrogen-bond acceptors (Lipinski definition) is 4. The van der Waals surface area contributed by atoms with Crippen LogP contribution in [-0.4, -0.2) is 64.6 Å². The Hall–Kier alpha value is -1.43. The smallest absolute Gasteiger partial charge is 0.137 e. The molecular weight excluding hydrogens is 276 g/mol. The first kappa shape index (κ1) is 15.5. The molecule has 0 aliphatic carbocycles. The van der Waals surface area contributed by atoms with Gasteiger partial charge in [-0.05, 0) is 45.0 Å². The summed E-state index contributed by atoms with van der Waals surface area (Å²) in [6, 6.07) is 6.12. The number of rotatable bonds is 5. The highest BCUT2D eigenvalue weighted by atomic mass is 16.3. The number of fused-ring (bicyclic) bond motifs is 1. The first-order valence-corrected chi connectivity index (χ1v) is 7.99. The molecule has 5 heteroatoms. The lowest BCUT2D eigenvalue weighted by atomic mass is 9.97. The van der Waals surface area contributed by atoms with Gasteiger partial charge >= 0.3 is 0 Å². The third-order valence-electron chi connectivity index (χ3n) is 4.69. The number of pyridine rings is 1. The molecule has 0 spiro atoms. The maximum absolute atomic E-state index is 9.66. The van der Waals surface area contributed by atoms with E-state index < -0.39 is 0 Å². The Bertz CT molecular complexity index is 637. The summed E-state index contributed by atoms with van der Waals surface area (Å²) < 4.78 is 2.18. The lowest BCUT2D eigenvalue weighted by Crippen LogP contribution is -2.28. The molecule has 3 heterocycles. The molecule has 0 bridgehead atoms. The van der Waals surface area contributed by atoms with Gasteiger partial charge in [0.2, 0.25) is 0 Å². The van der Waals surface area contributed by atoms with E-state index in [2.05, 4.69) is 46.4 Å². The maximum atomic E-state index is 9.66. The van der Waals surface area contributed by atoms with Gasteiger partial charge in [-0.2, -0.15) is 0 Å². The average Bonchev–Trinajstić information content (AvgIpc) is 3.00. The summed E-state index contributed by atoms with van der Waals surface area (Å²) in [7, 11) is 4.21. The number of likely N-dealkylation sites (tertiary alicyclic amines) is 1. The van der Waals surface area contributed by atoms with Crippen LogP contribution in [0.5, 0.6) is 0 Å². The first-order chi connectivity index (χ1) is 10.6. The monoisotopic (exact) mass is 302 g/mol. The third kappa shape index (κ3) is 3.02.